The van der Waals surface area contributed by atoms with E-state index in [0.29, 0.717) is 5.82 Å². The Kier molecular flexibility index (Phi) is 3.44. The number of H-pyrrole nitrogens is 1. The molecule has 0 amide bonds. The number of hydrogen-bond acceptors (Lipinski definition) is 3. The molecule has 0 aliphatic heterocycles. The van der Waals surface area contributed by atoms with Crippen molar-refractivity contribution in [3.05, 3.63) is 27.3 Å². The summed E-state index contributed by atoms with van der Waals surface area (Å²) in [6.07, 6.45) is 2.07. The summed E-state index contributed by atoms with van der Waals surface area (Å²) in [6.45, 7) is 2.08. The SMILES string of the molecule is CSc1ccc(C)cc1-c1[nH]nc(N)c1I. The van der Waals surface area contributed by atoms with Gasteiger partial charge in [-0.05, 0) is 47.9 Å². The fourth-order valence-electron chi connectivity index (χ4n) is 1.54. The molecular weight excluding hydrogens is 333 g/mol. The molecule has 0 bridgehead atoms. The van der Waals surface area contributed by atoms with Crippen LogP contribution in [0.15, 0.2) is 23.1 Å². The molecule has 0 unspecified atom stereocenters. The number of nitrogen functional groups attached to an aromatic ring is 1. The first-order valence-electron chi connectivity index (χ1n) is 4.78. The Hall–Kier alpha value is -0.690. The van der Waals surface area contributed by atoms with E-state index in [9.17, 15) is 0 Å². The third-order valence-electron chi connectivity index (χ3n) is 2.36. The van der Waals surface area contributed by atoms with Crippen molar-refractivity contribution in [3.63, 3.8) is 0 Å². The number of aromatic amines is 1. The summed E-state index contributed by atoms with van der Waals surface area (Å²) in [5, 5.41) is 7.03. The van der Waals surface area contributed by atoms with Crippen LogP contribution in [0, 0.1) is 10.5 Å². The van der Waals surface area contributed by atoms with Crippen LogP contribution < -0.4 is 5.73 Å². The van der Waals surface area contributed by atoms with Crippen molar-refractivity contribution in [2.75, 3.05) is 12.0 Å². The van der Waals surface area contributed by atoms with Crippen LogP contribution in [0.5, 0.6) is 0 Å². The maximum absolute atomic E-state index is 5.75. The van der Waals surface area contributed by atoms with Crippen molar-refractivity contribution < 1.29 is 0 Å². The molecule has 2 rings (SSSR count). The number of nitrogens with zero attached hydrogens (tertiary/aromatic N) is 1. The average molecular weight is 345 g/mol. The molecule has 1 heterocycles. The van der Waals surface area contributed by atoms with E-state index in [1.807, 2.05) is 0 Å². The van der Waals surface area contributed by atoms with E-state index >= 15 is 0 Å². The maximum atomic E-state index is 5.75. The highest BCUT2D eigenvalue weighted by molar-refractivity contribution is 14.1. The normalized spacial score (nSPS) is 10.7. The Balaban J connectivity index is 2.62. The molecule has 16 heavy (non-hydrogen) atoms. The van der Waals surface area contributed by atoms with E-state index in [4.69, 9.17) is 5.73 Å². The van der Waals surface area contributed by atoms with Crippen LogP contribution in [0.4, 0.5) is 5.82 Å². The lowest BCUT2D eigenvalue weighted by atomic mass is 10.1. The van der Waals surface area contributed by atoms with E-state index in [1.165, 1.54) is 16.0 Å². The van der Waals surface area contributed by atoms with Gasteiger partial charge >= 0.3 is 0 Å². The van der Waals surface area contributed by atoms with E-state index < -0.39 is 0 Å². The third-order valence-corrected chi connectivity index (χ3v) is 4.24. The molecule has 0 aliphatic rings. The second-order valence-corrected chi connectivity index (χ2v) is 5.43. The summed E-state index contributed by atoms with van der Waals surface area (Å²) in [5.41, 5.74) is 9.16. The van der Waals surface area contributed by atoms with Gasteiger partial charge in [0.25, 0.3) is 0 Å². The van der Waals surface area contributed by atoms with E-state index in [0.717, 1.165) is 9.26 Å². The van der Waals surface area contributed by atoms with Crippen LogP contribution in [0.3, 0.4) is 0 Å². The quantitative estimate of drug-likeness (QED) is 0.649. The Morgan fingerprint density at radius 3 is 2.75 bits per heavy atom. The number of aryl methyl sites for hydroxylation is 1. The lowest BCUT2D eigenvalue weighted by Crippen LogP contribution is -1.88. The topological polar surface area (TPSA) is 54.7 Å². The molecule has 3 nitrogen and oxygen atoms in total. The van der Waals surface area contributed by atoms with Gasteiger partial charge in [0.05, 0.1) is 9.26 Å². The average Bonchev–Trinajstić information content (AvgIpc) is 2.60. The molecule has 0 fully saturated rings. The molecule has 0 spiro atoms. The molecule has 0 radical (unpaired) electrons. The van der Waals surface area contributed by atoms with Crippen molar-refractivity contribution in [1.82, 2.24) is 10.2 Å². The number of rotatable bonds is 2. The number of benzene rings is 1. The Morgan fingerprint density at radius 2 is 2.19 bits per heavy atom. The van der Waals surface area contributed by atoms with Gasteiger partial charge in [-0.15, -0.1) is 11.8 Å². The highest BCUT2D eigenvalue weighted by Gasteiger charge is 2.13. The number of halogens is 1. The fourth-order valence-corrected chi connectivity index (χ4v) is 2.65. The molecule has 0 aliphatic carbocycles. The lowest BCUT2D eigenvalue weighted by molar-refractivity contribution is 1.10. The monoisotopic (exact) mass is 345 g/mol. The Labute approximate surface area is 112 Å². The predicted octanol–water partition coefficient (Wildman–Crippen LogP) is 3.29. The zero-order valence-electron chi connectivity index (χ0n) is 9.04. The number of anilines is 1. The second-order valence-electron chi connectivity index (χ2n) is 3.50. The largest absolute Gasteiger partial charge is 0.381 e. The molecule has 0 atom stereocenters. The van der Waals surface area contributed by atoms with Gasteiger partial charge in [0.2, 0.25) is 0 Å². The van der Waals surface area contributed by atoms with Gasteiger partial charge in [-0.1, -0.05) is 11.6 Å². The predicted molar refractivity (Wildman–Crippen MR) is 77.7 cm³/mol. The van der Waals surface area contributed by atoms with Gasteiger partial charge in [-0.25, -0.2) is 0 Å². The van der Waals surface area contributed by atoms with Crippen LogP contribution in [0.1, 0.15) is 5.56 Å². The molecular formula is C11H12IN3S. The zero-order chi connectivity index (χ0) is 11.7. The molecule has 84 valence electrons. The van der Waals surface area contributed by atoms with E-state index in [-0.39, 0.29) is 0 Å². The summed E-state index contributed by atoms with van der Waals surface area (Å²) >= 11 is 3.95. The summed E-state index contributed by atoms with van der Waals surface area (Å²) < 4.78 is 0.985. The van der Waals surface area contributed by atoms with Crippen molar-refractivity contribution in [3.8, 4) is 11.3 Å². The smallest absolute Gasteiger partial charge is 0.159 e. The number of nitrogens with one attached hydrogen (secondary N) is 1. The van der Waals surface area contributed by atoms with Gasteiger partial charge in [-0.2, -0.15) is 5.10 Å². The highest BCUT2D eigenvalue weighted by Crippen LogP contribution is 2.34. The van der Waals surface area contributed by atoms with Crippen molar-refractivity contribution in [2.45, 2.75) is 11.8 Å². The number of aromatic nitrogens is 2. The minimum Gasteiger partial charge on any atom is -0.381 e. The second kappa shape index (κ2) is 4.67. The third kappa shape index (κ3) is 2.06. The van der Waals surface area contributed by atoms with Gasteiger partial charge in [0.1, 0.15) is 0 Å². The highest BCUT2D eigenvalue weighted by atomic mass is 127. The minimum atomic E-state index is 0.559. The first kappa shape index (κ1) is 11.8. The standard InChI is InChI=1S/C11H12IN3S/c1-6-3-4-8(16-2)7(5-6)10-9(12)11(13)15-14-10/h3-5H,1-2H3,(H3,13,14,15). The molecule has 1 aromatic heterocycles. The van der Waals surface area contributed by atoms with Crippen molar-refractivity contribution >= 4 is 40.2 Å². The molecule has 2 aromatic rings. The zero-order valence-corrected chi connectivity index (χ0v) is 12.0. The summed E-state index contributed by atoms with van der Waals surface area (Å²) in [5.74, 6) is 0.559. The van der Waals surface area contributed by atoms with Gasteiger partial charge in [-0.3, -0.25) is 5.10 Å². The molecule has 3 N–H and O–H groups in total. The first-order valence-corrected chi connectivity index (χ1v) is 7.08. The molecule has 5 heteroatoms. The van der Waals surface area contributed by atoms with Crippen LogP contribution >= 0.6 is 34.4 Å². The summed E-state index contributed by atoms with van der Waals surface area (Å²) in [4.78, 5) is 1.23. The number of hydrogen-bond donors (Lipinski definition) is 2. The Bertz CT molecular complexity index is 522. The first-order chi connectivity index (χ1) is 7.63. The van der Waals surface area contributed by atoms with E-state index in [1.54, 1.807) is 11.8 Å². The molecule has 1 aromatic carbocycles. The Morgan fingerprint density at radius 1 is 1.44 bits per heavy atom. The molecule has 0 saturated carbocycles. The summed E-state index contributed by atoms with van der Waals surface area (Å²) in [6, 6.07) is 6.39. The van der Waals surface area contributed by atoms with Crippen molar-refractivity contribution in [1.29, 1.82) is 0 Å². The van der Waals surface area contributed by atoms with Gasteiger partial charge in [0.15, 0.2) is 5.82 Å². The van der Waals surface area contributed by atoms with Crippen LogP contribution in [0.2, 0.25) is 0 Å². The van der Waals surface area contributed by atoms with Crippen LogP contribution in [-0.4, -0.2) is 16.5 Å². The van der Waals surface area contributed by atoms with E-state index in [2.05, 4.69) is 64.2 Å². The maximum Gasteiger partial charge on any atom is 0.159 e. The van der Waals surface area contributed by atoms with Gasteiger partial charge in [0, 0.05) is 10.5 Å². The van der Waals surface area contributed by atoms with Crippen LogP contribution in [0.25, 0.3) is 11.3 Å². The minimum absolute atomic E-state index is 0.559. The van der Waals surface area contributed by atoms with Crippen molar-refractivity contribution in [2.24, 2.45) is 0 Å². The molecule has 0 saturated heterocycles. The number of thioether (sulfide) groups is 1. The number of nitrogens with two attached hydrogens (primary N) is 1. The lowest BCUT2D eigenvalue weighted by Gasteiger charge is -2.07. The summed E-state index contributed by atoms with van der Waals surface area (Å²) in [7, 11) is 0. The van der Waals surface area contributed by atoms with Crippen LogP contribution in [-0.2, 0) is 0 Å². The fraction of sp³-hybridized carbons (Fsp3) is 0.182. The van der Waals surface area contributed by atoms with Gasteiger partial charge < -0.3 is 5.73 Å².